The Kier molecular flexibility index (Phi) is 5.10. The topological polar surface area (TPSA) is 82.5 Å². The number of hydrogen-bond acceptors (Lipinski definition) is 4. The molecule has 130 valence electrons. The maximum atomic E-state index is 13.0. The van der Waals surface area contributed by atoms with Crippen molar-refractivity contribution in [3.05, 3.63) is 36.5 Å². The minimum atomic E-state index is -4.59. The summed E-state index contributed by atoms with van der Waals surface area (Å²) in [5, 5.41) is 11.6. The highest BCUT2D eigenvalue weighted by atomic mass is 19.4. The second-order valence-corrected chi connectivity index (χ2v) is 5.40. The summed E-state index contributed by atoms with van der Waals surface area (Å²) in [6.07, 6.45) is -1.85. The van der Waals surface area contributed by atoms with E-state index in [1.807, 2.05) is 0 Å². The van der Waals surface area contributed by atoms with E-state index >= 15 is 0 Å². The molecule has 1 aliphatic heterocycles. The number of alkyl halides is 3. The van der Waals surface area contributed by atoms with Crippen LogP contribution in [0, 0.1) is 11.8 Å². The Morgan fingerprint density at radius 1 is 1.42 bits per heavy atom. The molecular formula is C15H16F3N3O3. The standard InChI is InChI=1S/C15H16F3N3O3/c1-2-5-19-13(22)9-3-4-12(20-6-9)21-7-10(14(23)24)11(8-21)15(16,17)18/h2-4,6,10-11H,1,5,7-8H2,(H,19,22)(H,23,24)/t10-,11-/m1/s1. The molecule has 1 aromatic heterocycles. The van der Waals surface area contributed by atoms with Gasteiger partial charge in [-0.15, -0.1) is 6.58 Å². The summed E-state index contributed by atoms with van der Waals surface area (Å²) in [6, 6.07) is 2.83. The molecule has 2 heterocycles. The molecule has 0 spiro atoms. The van der Waals surface area contributed by atoms with Gasteiger partial charge >= 0.3 is 12.1 Å². The molecule has 1 aliphatic rings. The molecule has 1 amide bonds. The van der Waals surface area contributed by atoms with Crippen molar-refractivity contribution < 1.29 is 27.9 Å². The number of carbonyl (C=O) groups excluding carboxylic acids is 1. The number of aliphatic carboxylic acids is 1. The Bertz CT molecular complexity index is 631. The summed E-state index contributed by atoms with van der Waals surface area (Å²) < 4.78 is 38.9. The Morgan fingerprint density at radius 2 is 2.12 bits per heavy atom. The van der Waals surface area contributed by atoms with Crippen molar-refractivity contribution in [2.75, 3.05) is 24.5 Å². The first-order chi connectivity index (χ1) is 11.2. The number of halogens is 3. The molecule has 2 rings (SSSR count). The molecule has 0 saturated carbocycles. The van der Waals surface area contributed by atoms with Crippen LogP contribution in [0.2, 0.25) is 0 Å². The zero-order chi connectivity index (χ0) is 17.9. The van der Waals surface area contributed by atoms with Crippen molar-refractivity contribution in [3.63, 3.8) is 0 Å². The van der Waals surface area contributed by atoms with Crippen LogP contribution in [0.25, 0.3) is 0 Å². The normalized spacial score (nSPS) is 20.7. The van der Waals surface area contributed by atoms with Gasteiger partial charge in [-0.05, 0) is 12.1 Å². The molecular weight excluding hydrogens is 327 g/mol. The summed E-state index contributed by atoms with van der Waals surface area (Å²) in [5.74, 6) is -5.16. The Balaban J connectivity index is 2.13. The van der Waals surface area contributed by atoms with Crippen LogP contribution >= 0.6 is 0 Å². The van der Waals surface area contributed by atoms with Crippen LogP contribution in [0.4, 0.5) is 19.0 Å². The number of pyridine rings is 1. The van der Waals surface area contributed by atoms with Crippen molar-refractivity contribution in [2.45, 2.75) is 6.18 Å². The molecule has 9 heteroatoms. The van der Waals surface area contributed by atoms with Gasteiger partial charge in [0.15, 0.2) is 0 Å². The van der Waals surface area contributed by atoms with Crippen molar-refractivity contribution in [1.82, 2.24) is 10.3 Å². The first-order valence-corrected chi connectivity index (χ1v) is 7.13. The van der Waals surface area contributed by atoms with Crippen LogP contribution in [-0.2, 0) is 4.79 Å². The molecule has 6 nitrogen and oxygen atoms in total. The average molecular weight is 343 g/mol. The highest BCUT2D eigenvalue weighted by molar-refractivity contribution is 5.94. The fourth-order valence-corrected chi connectivity index (χ4v) is 2.55. The smallest absolute Gasteiger partial charge is 0.394 e. The van der Waals surface area contributed by atoms with E-state index in [1.165, 1.54) is 29.3 Å². The van der Waals surface area contributed by atoms with E-state index < -0.39 is 30.5 Å². The van der Waals surface area contributed by atoms with Gasteiger partial charge in [-0.2, -0.15) is 13.2 Å². The average Bonchev–Trinajstić information content (AvgIpc) is 2.98. The molecule has 24 heavy (non-hydrogen) atoms. The third-order valence-corrected chi connectivity index (χ3v) is 3.80. The Hall–Kier alpha value is -2.58. The SMILES string of the molecule is C=CCNC(=O)c1ccc(N2C[C@@H](C(F)(F)F)[C@H](C(=O)O)C2)nc1. The van der Waals surface area contributed by atoms with E-state index in [2.05, 4.69) is 16.9 Å². The van der Waals surface area contributed by atoms with Crippen LogP contribution in [0.1, 0.15) is 10.4 Å². The fraction of sp³-hybridized carbons (Fsp3) is 0.400. The lowest BCUT2D eigenvalue weighted by Crippen LogP contribution is -2.33. The van der Waals surface area contributed by atoms with Crippen LogP contribution < -0.4 is 10.2 Å². The number of aromatic nitrogens is 1. The first kappa shape index (κ1) is 17.8. The van der Waals surface area contributed by atoms with Gasteiger partial charge in [0.05, 0.1) is 17.4 Å². The molecule has 0 bridgehead atoms. The van der Waals surface area contributed by atoms with Crippen molar-refractivity contribution in [3.8, 4) is 0 Å². The fourth-order valence-electron chi connectivity index (χ4n) is 2.55. The van der Waals surface area contributed by atoms with Crippen molar-refractivity contribution in [2.24, 2.45) is 11.8 Å². The van der Waals surface area contributed by atoms with E-state index in [4.69, 9.17) is 5.11 Å². The van der Waals surface area contributed by atoms with Gasteiger partial charge in [-0.1, -0.05) is 6.08 Å². The Morgan fingerprint density at radius 3 is 2.58 bits per heavy atom. The second-order valence-electron chi connectivity index (χ2n) is 5.40. The summed E-state index contributed by atoms with van der Waals surface area (Å²) >= 11 is 0. The second kappa shape index (κ2) is 6.90. The van der Waals surface area contributed by atoms with Gasteiger partial charge in [0.2, 0.25) is 0 Å². The summed E-state index contributed by atoms with van der Waals surface area (Å²) in [7, 11) is 0. The minimum Gasteiger partial charge on any atom is -0.481 e. The summed E-state index contributed by atoms with van der Waals surface area (Å²) in [5.41, 5.74) is 0.252. The van der Waals surface area contributed by atoms with Gasteiger partial charge < -0.3 is 15.3 Å². The molecule has 0 aromatic carbocycles. The molecule has 1 aromatic rings. The molecule has 2 N–H and O–H groups in total. The van der Waals surface area contributed by atoms with E-state index in [-0.39, 0.29) is 30.4 Å². The number of hydrogen-bond donors (Lipinski definition) is 2. The lowest BCUT2D eigenvalue weighted by molar-refractivity contribution is -0.187. The number of amides is 1. The van der Waals surface area contributed by atoms with Crippen molar-refractivity contribution in [1.29, 1.82) is 0 Å². The monoisotopic (exact) mass is 343 g/mol. The van der Waals surface area contributed by atoms with Gasteiger partial charge in [0.25, 0.3) is 5.91 Å². The van der Waals surface area contributed by atoms with Crippen LogP contribution in [0.3, 0.4) is 0 Å². The number of carboxylic acids is 1. The molecule has 1 saturated heterocycles. The number of carbonyl (C=O) groups is 2. The molecule has 0 unspecified atom stereocenters. The lowest BCUT2D eigenvalue weighted by atomic mass is 9.96. The molecule has 2 atom stereocenters. The maximum Gasteiger partial charge on any atom is 0.394 e. The largest absolute Gasteiger partial charge is 0.481 e. The Labute approximate surface area is 136 Å². The molecule has 1 fully saturated rings. The third kappa shape index (κ3) is 3.84. The van der Waals surface area contributed by atoms with Gasteiger partial charge in [-0.25, -0.2) is 4.98 Å². The lowest BCUT2D eigenvalue weighted by Gasteiger charge is -2.19. The first-order valence-electron chi connectivity index (χ1n) is 7.13. The zero-order valence-electron chi connectivity index (χ0n) is 12.6. The number of carboxylic acid groups (broad SMARTS) is 1. The highest BCUT2D eigenvalue weighted by Gasteiger charge is 2.52. The summed E-state index contributed by atoms with van der Waals surface area (Å²) in [6.45, 7) is 2.98. The third-order valence-electron chi connectivity index (χ3n) is 3.80. The summed E-state index contributed by atoms with van der Waals surface area (Å²) in [4.78, 5) is 28.0. The predicted octanol–water partition coefficient (Wildman–Crippen LogP) is 1.70. The number of nitrogens with zero attached hydrogens (tertiary/aromatic N) is 2. The zero-order valence-corrected chi connectivity index (χ0v) is 12.6. The van der Waals surface area contributed by atoms with Gasteiger partial charge in [0.1, 0.15) is 5.82 Å². The van der Waals surface area contributed by atoms with Crippen LogP contribution in [-0.4, -0.2) is 47.8 Å². The number of anilines is 1. The van der Waals surface area contributed by atoms with Crippen LogP contribution in [0.15, 0.2) is 31.0 Å². The highest BCUT2D eigenvalue weighted by Crippen LogP contribution is 2.38. The van der Waals surface area contributed by atoms with Crippen molar-refractivity contribution >= 4 is 17.7 Å². The van der Waals surface area contributed by atoms with E-state index in [0.29, 0.717) is 0 Å². The van der Waals surface area contributed by atoms with E-state index in [9.17, 15) is 22.8 Å². The quantitative estimate of drug-likeness (QED) is 0.795. The van der Waals surface area contributed by atoms with Gasteiger partial charge in [-0.3, -0.25) is 9.59 Å². The molecule has 0 aliphatic carbocycles. The van der Waals surface area contributed by atoms with E-state index in [0.717, 1.165) is 0 Å². The van der Waals surface area contributed by atoms with Crippen LogP contribution in [0.5, 0.6) is 0 Å². The minimum absolute atomic E-state index is 0.202. The maximum absolute atomic E-state index is 13.0. The van der Waals surface area contributed by atoms with E-state index in [1.54, 1.807) is 0 Å². The van der Waals surface area contributed by atoms with Gasteiger partial charge in [0, 0.05) is 25.8 Å². The predicted molar refractivity (Wildman–Crippen MR) is 79.7 cm³/mol. The molecule has 0 radical (unpaired) electrons. The number of nitrogens with one attached hydrogen (secondary N) is 1. The number of rotatable bonds is 5.